The second-order valence-corrected chi connectivity index (χ2v) is 5.81. The summed E-state index contributed by atoms with van der Waals surface area (Å²) < 4.78 is 21.4. The standard InChI is InChI=1S/C21H21NO6/c1-4-27-19(23)18-17(15-11-7-5-8-12-15)22(16-13-9-6-10-14-16)21(26-3,28-18)20(24)25-2/h5-14H,4H2,1-3H3. The van der Waals surface area contributed by atoms with Crippen LogP contribution < -0.4 is 4.90 Å². The molecule has 1 atom stereocenters. The minimum Gasteiger partial charge on any atom is -0.463 e. The Morgan fingerprint density at radius 2 is 1.61 bits per heavy atom. The zero-order valence-corrected chi connectivity index (χ0v) is 15.9. The molecule has 2 aromatic rings. The van der Waals surface area contributed by atoms with Gasteiger partial charge in [-0.1, -0.05) is 48.5 Å². The van der Waals surface area contributed by atoms with Gasteiger partial charge in [-0.05, 0) is 19.1 Å². The molecule has 1 unspecified atom stereocenters. The number of benzene rings is 2. The van der Waals surface area contributed by atoms with Gasteiger partial charge >= 0.3 is 17.8 Å². The highest BCUT2D eigenvalue weighted by Gasteiger charge is 2.58. The molecule has 0 bridgehead atoms. The third kappa shape index (κ3) is 3.20. The average molecular weight is 383 g/mol. The molecule has 28 heavy (non-hydrogen) atoms. The lowest BCUT2D eigenvalue weighted by atomic mass is 10.1. The summed E-state index contributed by atoms with van der Waals surface area (Å²) in [5, 5.41) is 0. The maximum atomic E-state index is 12.8. The van der Waals surface area contributed by atoms with Crippen LogP contribution in [0.4, 0.5) is 5.69 Å². The van der Waals surface area contributed by atoms with Gasteiger partial charge in [0, 0.05) is 18.4 Å². The van der Waals surface area contributed by atoms with E-state index in [0.717, 1.165) is 0 Å². The molecule has 2 aromatic carbocycles. The van der Waals surface area contributed by atoms with Gasteiger partial charge in [0.05, 0.1) is 13.7 Å². The van der Waals surface area contributed by atoms with Crippen molar-refractivity contribution in [2.45, 2.75) is 12.8 Å². The van der Waals surface area contributed by atoms with Crippen molar-refractivity contribution in [3.8, 4) is 0 Å². The summed E-state index contributed by atoms with van der Waals surface area (Å²) in [7, 11) is 2.53. The third-order valence-corrected chi connectivity index (χ3v) is 4.22. The number of nitrogens with zero attached hydrogens (tertiary/aromatic N) is 1. The Kier molecular flexibility index (Phi) is 5.65. The Morgan fingerprint density at radius 3 is 2.14 bits per heavy atom. The van der Waals surface area contributed by atoms with Crippen molar-refractivity contribution < 1.29 is 28.5 Å². The number of carbonyl (C=O) groups is 2. The summed E-state index contributed by atoms with van der Waals surface area (Å²) in [4.78, 5) is 26.9. The van der Waals surface area contributed by atoms with E-state index in [9.17, 15) is 9.59 Å². The van der Waals surface area contributed by atoms with Crippen LogP contribution in [-0.4, -0.2) is 38.7 Å². The van der Waals surface area contributed by atoms with Gasteiger partial charge in [0.1, 0.15) is 5.70 Å². The number of hydrogen-bond donors (Lipinski definition) is 0. The highest BCUT2D eigenvalue weighted by molar-refractivity contribution is 6.04. The topological polar surface area (TPSA) is 74.3 Å². The number of anilines is 1. The van der Waals surface area contributed by atoms with Crippen LogP contribution in [-0.2, 0) is 28.5 Å². The number of methoxy groups -OCH3 is 2. The van der Waals surface area contributed by atoms with Gasteiger partial charge in [0.25, 0.3) is 0 Å². The Bertz CT molecular complexity index is 880. The Hall–Kier alpha value is -3.32. The molecule has 0 amide bonds. The predicted molar refractivity (Wildman–Crippen MR) is 102 cm³/mol. The summed E-state index contributed by atoms with van der Waals surface area (Å²) >= 11 is 0. The smallest absolute Gasteiger partial charge is 0.404 e. The number of hydrogen-bond acceptors (Lipinski definition) is 7. The molecule has 1 heterocycles. The predicted octanol–water partition coefficient (Wildman–Crippen LogP) is 2.93. The fourth-order valence-corrected chi connectivity index (χ4v) is 3.03. The molecular weight excluding hydrogens is 362 g/mol. The number of rotatable bonds is 6. The molecule has 146 valence electrons. The maximum Gasteiger partial charge on any atom is 0.404 e. The fraction of sp³-hybridized carbons (Fsp3) is 0.238. The molecule has 0 aliphatic carbocycles. The fourth-order valence-electron chi connectivity index (χ4n) is 3.03. The van der Waals surface area contributed by atoms with Crippen LogP contribution in [0.1, 0.15) is 12.5 Å². The molecule has 1 aliphatic rings. The molecule has 0 saturated carbocycles. The van der Waals surface area contributed by atoms with Crippen molar-refractivity contribution in [1.29, 1.82) is 0 Å². The highest BCUT2D eigenvalue weighted by Crippen LogP contribution is 2.44. The summed E-state index contributed by atoms with van der Waals surface area (Å²) in [6.45, 7) is 1.84. The van der Waals surface area contributed by atoms with Crippen molar-refractivity contribution in [3.05, 3.63) is 72.0 Å². The minimum absolute atomic E-state index is 0.135. The number of para-hydroxylation sites is 1. The largest absolute Gasteiger partial charge is 0.463 e. The van der Waals surface area contributed by atoms with Gasteiger partial charge in [0.2, 0.25) is 5.76 Å². The van der Waals surface area contributed by atoms with Crippen LogP contribution in [0.5, 0.6) is 0 Å². The first-order chi connectivity index (χ1) is 13.6. The van der Waals surface area contributed by atoms with E-state index in [2.05, 4.69) is 0 Å². The lowest BCUT2D eigenvalue weighted by Crippen LogP contribution is -2.54. The van der Waals surface area contributed by atoms with E-state index in [-0.39, 0.29) is 12.4 Å². The van der Waals surface area contributed by atoms with Crippen LogP contribution in [0.3, 0.4) is 0 Å². The van der Waals surface area contributed by atoms with E-state index in [1.807, 2.05) is 24.3 Å². The second-order valence-electron chi connectivity index (χ2n) is 5.81. The van der Waals surface area contributed by atoms with Gasteiger partial charge in [-0.2, -0.15) is 0 Å². The normalized spacial score (nSPS) is 18.6. The van der Waals surface area contributed by atoms with Gasteiger partial charge in [0.15, 0.2) is 0 Å². The first-order valence-corrected chi connectivity index (χ1v) is 8.73. The number of esters is 2. The lowest BCUT2D eigenvalue weighted by Gasteiger charge is -2.35. The van der Waals surface area contributed by atoms with Crippen molar-refractivity contribution >= 4 is 23.3 Å². The van der Waals surface area contributed by atoms with Gasteiger partial charge < -0.3 is 18.9 Å². The number of carbonyl (C=O) groups excluding carboxylic acids is 2. The zero-order chi connectivity index (χ0) is 20.1. The van der Waals surface area contributed by atoms with E-state index in [4.69, 9.17) is 18.9 Å². The van der Waals surface area contributed by atoms with E-state index in [1.165, 1.54) is 19.1 Å². The average Bonchev–Trinajstić information content (AvgIpc) is 3.11. The van der Waals surface area contributed by atoms with Crippen molar-refractivity contribution in [2.24, 2.45) is 0 Å². The quantitative estimate of drug-likeness (QED) is 0.710. The molecule has 3 rings (SSSR count). The van der Waals surface area contributed by atoms with E-state index < -0.39 is 17.8 Å². The SMILES string of the molecule is CCOC(=O)C1=C(c2ccccc2)N(c2ccccc2)C(OC)(C(=O)OC)O1. The lowest BCUT2D eigenvalue weighted by molar-refractivity contribution is -0.216. The van der Waals surface area contributed by atoms with Crippen LogP contribution in [0.15, 0.2) is 66.4 Å². The van der Waals surface area contributed by atoms with Crippen molar-refractivity contribution in [1.82, 2.24) is 0 Å². The van der Waals surface area contributed by atoms with E-state index in [1.54, 1.807) is 43.3 Å². The molecule has 0 spiro atoms. The first-order valence-electron chi connectivity index (χ1n) is 8.73. The zero-order valence-electron chi connectivity index (χ0n) is 15.9. The van der Waals surface area contributed by atoms with E-state index >= 15 is 0 Å². The monoisotopic (exact) mass is 383 g/mol. The molecule has 0 aromatic heterocycles. The van der Waals surface area contributed by atoms with Gasteiger partial charge in [-0.25, -0.2) is 9.59 Å². The Morgan fingerprint density at radius 1 is 1.00 bits per heavy atom. The molecule has 0 saturated heterocycles. The highest BCUT2D eigenvalue weighted by atomic mass is 16.8. The van der Waals surface area contributed by atoms with Gasteiger partial charge in [-0.15, -0.1) is 0 Å². The summed E-state index contributed by atoms with van der Waals surface area (Å²) in [6.07, 6.45) is 0. The molecule has 0 radical (unpaired) electrons. The van der Waals surface area contributed by atoms with Crippen LogP contribution in [0, 0.1) is 0 Å². The van der Waals surface area contributed by atoms with Crippen molar-refractivity contribution in [2.75, 3.05) is 25.7 Å². The third-order valence-electron chi connectivity index (χ3n) is 4.22. The molecule has 0 fully saturated rings. The summed E-state index contributed by atoms with van der Waals surface area (Å²) in [5.74, 6) is -3.66. The van der Waals surface area contributed by atoms with E-state index in [0.29, 0.717) is 16.9 Å². The van der Waals surface area contributed by atoms with Crippen LogP contribution in [0.2, 0.25) is 0 Å². The molecule has 7 heteroatoms. The molecule has 1 aliphatic heterocycles. The molecule has 0 N–H and O–H groups in total. The molecular formula is C21H21NO6. The van der Waals surface area contributed by atoms with Crippen LogP contribution >= 0.6 is 0 Å². The van der Waals surface area contributed by atoms with Gasteiger partial charge in [-0.3, -0.25) is 4.90 Å². The molecule has 7 nitrogen and oxygen atoms in total. The second kappa shape index (κ2) is 8.14. The summed E-state index contributed by atoms with van der Waals surface area (Å²) in [5.41, 5.74) is 1.57. The van der Waals surface area contributed by atoms with Crippen molar-refractivity contribution in [3.63, 3.8) is 0 Å². The van der Waals surface area contributed by atoms with Crippen LogP contribution in [0.25, 0.3) is 5.70 Å². The summed E-state index contributed by atoms with van der Waals surface area (Å²) in [6, 6.07) is 18.1. The Labute approximate surface area is 163 Å². The maximum absolute atomic E-state index is 12.8. The first kappa shape index (κ1) is 19.4. The minimum atomic E-state index is -2.01. The number of ether oxygens (including phenoxy) is 4. The Balaban J connectivity index is 2.29.